The topological polar surface area (TPSA) is 50.7 Å². The molecule has 0 saturated heterocycles. The molecule has 0 aliphatic heterocycles. The van der Waals surface area contributed by atoms with Crippen LogP contribution in [0.5, 0.6) is 0 Å². The van der Waals surface area contributed by atoms with E-state index in [4.69, 9.17) is 9.47 Å². The molecule has 0 bridgehead atoms. The second kappa shape index (κ2) is 13.9. The van der Waals surface area contributed by atoms with Crippen molar-refractivity contribution in [3.63, 3.8) is 0 Å². The largest absolute Gasteiger partial charge is 0.389 e. The Morgan fingerprint density at radius 2 is 1.82 bits per heavy atom. The van der Waals surface area contributed by atoms with Crippen molar-refractivity contribution in [3.05, 3.63) is 0 Å². The van der Waals surface area contributed by atoms with Crippen LogP contribution in [0, 0.1) is 0 Å². The molecular weight excluding hydrogens is 218 g/mol. The summed E-state index contributed by atoms with van der Waals surface area (Å²) in [5.74, 6) is 0. The third kappa shape index (κ3) is 13.8. The zero-order chi connectivity index (χ0) is 12.8. The first-order valence-electron chi connectivity index (χ1n) is 6.85. The molecule has 0 rings (SSSR count). The number of hydrogen-bond acceptors (Lipinski definition) is 4. The Labute approximate surface area is 106 Å². The molecule has 1 atom stereocenters. The van der Waals surface area contributed by atoms with Gasteiger partial charge in [-0.25, -0.2) is 0 Å². The normalized spacial score (nSPS) is 12.9. The maximum absolute atomic E-state index is 9.58. The molecular formula is C13H29NO3. The van der Waals surface area contributed by atoms with Crippen LogP contribution in [0.25, 0.3) is 0 Å². The summed E-state index contributed by atoms with van der Waals surface area (Å²) in [4.78, 5) is 0. The highest BCUT2D eigenvalue weighted by molar-refractivity contribution is 4.58. The van der Waals surface area contributed by atoms with Crippen molar-refractivity contribution in [1.82, 2.24) is 5.32 Å². The van der Waals surface area contributed by atoms with Crippen molar-refractivity contribution in [2.24, 2.45) is 0 Å². The zero-order valence-corrected chi connectivity index (χ0v) is 11.4. The third-order valence-corrected chi connectivity index (χ3v) is 2.47. The average Bonchev–Trinajstić information content (AvgIpc) is 2.33. The van der Waals surface area contributed by atoms with Gasteiger partial charge in [-0.05, 0) is 19.9 Å². The van der Waals surface area contributed by atoms with Gasteiger partial charge in [-0.1, -0.05) is 26.2 Å². The fourth-order valence-electron chi connectivity index (χ4n) is 1.49. The van der Waals surface area contributed by atoms with E-state index in [0.29, 0.717) is 33.0 Å². The fraction of sp³-hybridized carbons (Fsp3) is 1.00. The summed E-state index contributed by atoms with van der Waals surface area (Å²) in [5.41, 5.74) is 0. The van der Waals surface area contributed by atoms with Gasteiger partial charge in [-0.2, -0.15) is 0 Å². The molecule has 0 saturated carbocycles. The highest BCUT2D eigenvalue weighted by Crippen LogP contribution is 1.97. The molecule has 104 valence electrons. The number of hydrogen-bond donors (Lipinski definition) is 2. The minimum atomic E-state index is -0.414. The lowest BCUT2D eigenvalue weighted by atomic mass is 10.2. The first-order valence-corrected chi connectivity index (χ1v) is 6.85. The van der Waals surface area contributed by atoms with Crippen LogP contribution in [0.15, 0.2) is 0 Å². The van der Waals surface area contributed by atoms with Crippen LogP contribution in [-0.2, 0) is 9.47 Å². The molecule has 0 aliphatic rings. The lowest BCUT2D eigenvalue weighted by molar-refractivity contribution is 0.00655. The van der Waals surface area contributed by atoms with Crippen molar-refractivity contribution >= 4 is 0 Å². The molecule has 0 aromatic rings. The van der Waals surface area contributed by atoms with Crippen molar-refractivity contribution in [3.8, 4) is 0 Å². The Morgan fingerprint density at radius 3 is 2.53 bits per heavy atom. The molecule has 0 amide bonds. The Morgan fingerprint density at radius 1 is 1.06 bits per heavy atom. The summed E-state index contributed by atoms with van der Waals surface area (Å²) in [5, 5.41) is 12.8. The smallest absolute Gasteiger partial charge is 0.0897 e. The zero-order valence-electron chi connectivity index (χ0n) is 11.4. The molecule has 0 aromatic carbocycles. The summed E-state index contributed by atoms with van der Waals surface area (Å²) in [6.07, 6.45) is 4.60. The molecule has 4 heteroatoms. The third-order valence-electron chi connectivity index (χ3n) is 2.47. The van der Waals surface area contributed by atoms with Crippen LogP contribution in [0.3, 0.4) is 0 Å². The molecule has 4 nitrogen and oxygen atoms in total. The Kier molecular flexibility index (Phi) is 13.8. The van der Waals surface area contributed by atoms with Gasteiger partial charge in [0.15, 0.2) is 0 Å². The number of unbranched alkanes of at least 4 members (excludes halogenated alkanes) is 3. The molecule has 0 spiro atoms. The minimum absolute atomic E-state index is 0.384. The SMILES string of the molecule is CCCCCCNC[C@@H](O)COCCOCC. The van der Waals surface area contributed by atoms with Crippen molar-refractivity contribution in [2.75, 3.05) is 39.5 Å². The minimum Gasteiger partial charge on any atom is -0.389 e. The average molecular weight is 247 g/mol. The van der Waals surface area contributed by atoms with Crippen molar-refractivity contribution in [2.45, 2.75) is 45.6 Å². The number of nitrogens with one attached hydrogen (secondary N) is 1. The van der Waals surface area contributed by atoms with Gasteiger partial charge in [-0.3, -0.25) is 0 Å². The highest BCUT2D eigenvalue weighted by atomic mass is 16.5. The maximum Gasteiger partial charge on any atom is 0.0897 e. The fourth-order valence-corrected chi connectivity index (χ4v) is 1.49. The number of rotatable bonds is 13. The lowest BCUT2D eigenvalue weighted by Gasteiger charge is -2.12. The van der Waals surface area contributed by atoms with Gasteiger partial charge in [0.2, 0.25) is 0 Å². The van der Waals surface area contributed by atoms with Gasteiger partial charge in [0.25, 0.3) is 0 Å². The van der Waals surface area contributed by atoms with Crippen LogP contribution >= 0.6 is 0 Å². The molecule has 17 heavy (non-hydrogen) atoms. The van der Waals surface area contributed by atoms with Crippen LogP contribution < -0.4 is 5.32 Å². The van der Waals surface area contributed by atoms with E-state index in [1.54, 1.807) is 0 Å². The Bertz CT molecular complexity index is 145. The predicted octanol–water partition coefficient (Wildman–Crippen LogP) is 1.57. The van der Waals surface area contributed by atoms with E-state index < -0.39 is 6.10 Å². The molecule has 0 aliphatic carbocycles. The van der Waals surface area contributed by atoms with Crippen molar-refractivity contribution < 1.29 is 14.6 Å². The van der Waals surface area contributed by atoms with E-state index in [2.05, 4.69) is 12.2 Å². The monoisotopic (exact) mass is 247 g/mol. The van der Waals surface area contributed by atoms with Gasteiger partial charge in [0.05, 0.1) is 25.9 Å². The predicted molar refractivity (Wildman–Crippen MR) is 70.3 cm³/mol. The van der Waals surface area contributed by atoms with Gasteiger partial charge in [0, 0.05) is 13.2 Å². The van der Waals surface area contributed by atoms with E-state index >= 15 is 0 Å². The lowest BCUT2D eigenvalue weighted by Crippen LogP contribution is -2.31. The van der Waals surface area contributed by atoms with Crippen LogP contribution in [0.4, 0.5) is 0 Å². The van der Waals surface area contributed by atoms with Crippen LogP contribution in [-0.4, -0.2) is 50.7 Å². The van der Waals surface area contributed by atoms with Gasteiger partial charge in [-0.15, -0.1) is 0 Å². The molecule has 2 N–H and O–H groups in total. The Hall–Kier alpha value is -0.160. The van der Waals surface area contributed by atoms with Gasteiger partial charge in [0.1, 0.15) is 0 Å². The number of aliphatic hydroxyl groups is 1. The second-order valence-electron chi connectivity index (χ2n) is 4.19. The van der Waals surface area contributed by atoms with E-state index in [9.17, 15) is 5.11 Å². The molecule has 0 fully saturated rings. The van der Waals surface area contributed by atoms with E-state index in [1.807, 2.05) is 6.92 Å². The molecule has 0 heterocycles. The summed E-state index contributed by atoms with van der Waals surface area (Å²) in [6.45, 7) is 8.01. The first-order chi connectivity index (χ1) is 8.31. The van der Waals surface area contributed by atoms with E-state index in [1.165, 1.54) is 25.7 Å². The van der Waals surface area contributed by atoms with Crippen molar-refractivity contribution in [1.29, 1.82) is 0 Å². The second-order valence-corrected chi connectivity index (χ2v) is 4.19. The summed E-state index contributed by atoms with van der Waals surface area (Å²) >= 11 is 0. The summed E-state index contributed by atoms with van der Waals surface area (Å²) in [7, 11) is 0. The van der Waals surface area contributed by atoms with E-state index in [-0.39, 0.29) is 0 Å². The number of aliphatic hydroxyl groups excluding tert-OH is 1. The quantitative estimate of drug-likeness (QED) is 0.485. The highest BCUT2D eigenvalue weighted by Gasteiger charge is 2.02. The Balaban J connectivity index is 3.09. The van der Waals surface area contributed by atoms with Crippen LogP contribution in [0.2, 0.25) is 0 Å². The molecule has 0 unspecified atom stereocenters. The van der Waals surface area contributed by atoms with Crippen LogP contribution in [0.1, 0.15) is 39.5 Å². The maximum atomic E-state index is 9.58. The van der Waals surface area contributed by atoms with Gasteiger partial charge >= 0.3 is 0 Å². The first kappa shape index (κ1) is 16.8. The molecule has 0 aromatic heterocycles. The molecule has 0 radical (unpaired) electrons. The standard InChI is InChI=1S/C13H29NO3/c1-3-5-6-7-8-14-11-13(15)12-17-10-9-16-4-2/h13-15H,3-12H2,1-2H3/t13-/m1/s1. The van der Waals surface area contributed by atoms with E-state index in [0.717, 1.165) is 6.54 Å². The summed E-state index contributed by atoms with van der Waals surface area (Å²) < 4.78 is 10.4. The van der Waals surface area contributed by atoms with Gasteiger partial charge < -0.3 is 19.9 Å². The number of ether oxygens (including phenoxy) is 2. The summed E-state index contributed by atoms with van der Waals surface area (Å²) in [6, 6.07) is 0.